The minimum Gasteiger partial charge on any atom is -0.301 e. The second kappa shape index (κ2) is 3.20. The fourth-order valence-corrected chi connectivity index (χ4v) is 0.942. The van der Waals surface area contributed by atoms with Gasteiger partial charge in [0, 0.05) is 6.20 Å². The number of hydrogen-bond acceptors (Lipinski definition) is 2. The first-order valence-electron chi connectivity index (χ1n) is 3.60. The Labute approximate surface area is 71.6 Å². The summed E-state index contributed by atoms with van der Waals surface area (Å²) in [4.78, 5) is 15.4. The Kier molecular flexibility index (Phi) is 2.40. The Hall–Kier alpha value is -1.33. The standard InChI is InChI=1S/C7H7F3N2O/c1-2-4-3-11-6(13)12-5(4)7(8,9)10/h3H,2H2,1H3,(H,11,12,13). The van der Waals surface area contributed by atoms with Crippen molar-refractivity contribution < 1.29 is 13.2 Å². The molecule has 0 fully saturated rings. The molecule has 0 aliphatic carbocycles. The summed E-state index contributed by atoms with van der Waals surface area (Å²) in [5.41, 5.74) is -1.99. The van der Waals surface area contributed by atoms with Gasteiger partial charge in [0.25, 0.3) is 0 Å². The van der Waals surface area contributed by atoms with E-state index in [1.54, 1.807) is 11.9 Å². The lowest BCUT2D eigenvalue weighted by Gasteiger charge is -2.09. The fourth-order valence-electron chi connectivity index (χ4n) is 0.942. The summed E-state index contributed by atoms with van der Waals surface area (Å²) in [5.74, 6) is 0. The highest BCUT2D eigenvalue weighted by atomic mass is 19.4. The summed E-state index contributed by atoms with van der Waals surface area (Å²) in [7, 11) is 0. The average Bonchev–Trinajstić information content (AvgIpc) is 2.03. The van der Waals surface area contributed by atoms with Crippen molar-refractivity contribution in [2.45, 2.75) is 19.5 Å². The molecule has 0 unspecified atom stereocenters. The molecular formula is C7H7F3N2O. The van der Waals surface area contributed by atoms with Crippen LogP contribution in [0.25, 0.3) is 0 Å². The smallest absolute Gasteiger partial charge is 0.301 e. The van der Waals surface area contributed by atoms with Gasteiger partial charge in [-0.2, -0.15) is 13.2 Å². The van der Waals surface area contributed by atoms with Crippen LogP contribution in [0.15, 0.2) is 11.0 Å². The number of halogens is 3. The summed E-state index contributed by atoms with van der Waals surface area (Å²) < 4.78 is 36.7. The lowest BCUT2D eigenvalue weighted by Crippen LogP contribution is -2.20. The molecule has 0 amide bonds. The molecule has 0 radical (unpaired) electrons. The number of nitrogens with zero attached hydrogens (tertiary/aromatic N) is 1. The number of H-pyrrole nitrogens is 1. The molecule has 0 aliphatic rings. The van der Waals surface area contributed by atoms with Gasteiger partial charge in [-0.1, -0.05) is 6.92 Å². The molecule has 1 heterocycles. The van der Waals surface area contributed by atoms with Crippen LogP contribution in [0.5, 0.6) is 0 Å². The summed E-state index contributed by atoms with van der Waals surface area (Å²) in [5, 5.41) is 0. The Morgan fingerprint density at radius 3 is 2.62 bits per heavy atom. The number of hydrogen-bond donors (Lipinski definition) is 1. The van der Waals surface area contributed by atoms with Gasteiger partial charge in [0.1, 0.15) is 5.69 Å². The van der Waals surface area contributed by atoms with Gasteiger partial charge in [0.2, 0.25) is 0 Å². The fraction of sp³-hybridized carbons (Fsp3) is 0.429. The molecule has 0 aromatic carbocycles. The van der Waals surface area contributed by atoms with Crippen LogP contribution < -0.4 is 5.69 Å². The molecule has 0 saturated carbocycles. The van der Waals surface area contributed by atoms with Crippen LogP contribution >= 0.6 is 0 Å². The van der Waals surface area contributed by atoms with E-state index in [-0.39, 0.29) is 12.0 Å². The van der Waals surface area contributed by atoms with E-state index in [2.05, 4.69) is 4.98 Å². The molecular weight excluding hydrogens is 185 g/mol. The number of alkyl halides is 3. The van der Waals surface area contributed by atoms with Crippen LogP contribution in [0.4, 0.5) is 13.2 Å². The molecule has 13 heavy (non-hydrogen) atoms. The highest BCUT2D eigenvalue weighted by molar-refractivity contribution is 5.18. The molecule has 1 aromatic heterocycles. The van der Waals surface area contributed by atoms with Crippen molar-refractivity contribution in [1.29, 1.82) is 0 Å². The highest BCUT2D eigenvalue weighted by Gasteiger charge is 2.34. The molecule has 72 valence electrons. The van der Waals surface area contributed by atoms with Gasteiger partial charge in [-0.15, -0.1) is 0 Å². The lowest BCUT2D eigenvalue weighted by molar-refractivity contribution is -0.142. The Morgan fingerprint density at radius 2 is 2.15 bits per heavy atom. The van der Waals surface area contributed by atoms with E-state index >= 15 is 0 Å². The minimum atomic E-state index is -4.52. The van der Waals surface area contributed by atoms with Gasteiger partial charge in [-0.3, -0.25) is 0 Å². The summed E-state index contributed by atoms with van der Waals surface area (Å²) in [6.07, 6.45) is -3.40. The minimum absolute atomic E-state index is 0.00731. The molecule has 6 heteroatoms. The first-order chi connectivity index (χ1) is 5.95. The van der Waals surface area contributed by atoms with Gasteiger partial charge in [-0.25, -0.2) is 9.78 Å². The second-order valence-corrected chi connectivity index (χ2v) is 2.44. The van der Waals surface area contributed by atoms with E-state index in [9.17, 15) is 18.0 Å². The monoisotopic (exact) mass is 192 g/mol. The van der Waals surface area contributed by atoms with E-state index in [4.69, 9.17) is 0 Å². The zero-order valence-corrected chi connectivity index (χ0v) is 6.77. The molecule has 0 bridgehead atoms. The average molecular weight is 192 g/mol. The van der Waals surface area contributed by atoms with Gasteiger partial charge in [-0.05, 0) is 12.0 Å². The zero-order valence-electron chi connectivity index (χ0n) is 6.77. The third-order valence-corrected chi connectivity index (χ3v) is 1.56. The van der Waals surface area contributed by atoms with Crippen molar-refractivity contribution in [2.75, 3.05) is 0 Å². The molecule has 3 nitrogen and oxygen atoms in total. The van der Waals surface area contributed by atoms with Crippen molar-refractivity contribution in [3.63, 3.8) is 0 Å². The molecule has 1 rings (SSSR count). The predicted molar refractivity (Wildman–Crippen MR) is 39.2 cm³/mol. The quantitative estimate of drug-likeness (QED) is 0.729. The van der Waals surface area contributed by atoms with E-state index in [1.807, 2.05) is 0 Å². The largest absolute Gasteiger partial charge is 0.431 e. The first kappa shape index (κ1) is 9.76. The van der Waals surface area contributed by atoms with Crippen LogP contribution in [-0.4, -0.2) is 9.97 Å². The van der Waals surface area contributed by atoms with Gasteiger partial charge in [0.15, 0.2) is 0 Å². The Morgan fingerprint density at radius 1 is 1.54 bits per heavy atom. The molecule has 0 atom stereocenters. The van der Waals surface area contributed by atoms with Crippen molar-refractivity contribution >= 4 is 0 Å². The second-order valence-electron chi connectivity index (χ2n) is 2.44. The van der Waals surface area contributed by atoms with Gasteiger partial charge in [0.05, 0.1) is 0 Å². The zero-order chi connectivity index (χ0) is 10.1. The SMILES string of the molecule is CCc1cnc(=O)[nH]c1C(F)(F)F. The van der Waals surface area contributed by atoms with Gasteiger partial charge < -0.3 is 4.98 Å². The molecule has 1 N–H and O–H groups in total. The Balaban J connectivity index is 3.32. The number of rotatable bonds is 1. The normalized spacial score (nSPS) is 11.7. The maximum atomic E-state index is 12.2. The Bertz CT molecular complexity index is 355. The third kappa shape index (κ3) is 2.07. The van der Waals surface area contributed by atoms with Crippen molar-refractivity contribution in [2.24, 2.45) is 0 Å². The molecule has 0 saturated heterocycles. The number of aryl methyl sites for hydroxylation is 1. The number of nitrogens with one attached hydrogen (secondary N) is 1. The van der Waals surface area contributed by atoms with E-state index in [1.165, 1.54) is 0 Å². The van der Waals surface area contributed by atoms with Crippen LogP contribution in [0.2, 0.25) is 0 Å². The maximum Gasteiger partial charge on any atom is 0.431 e. The van der Waals surface area contributed by atoms with E-state index in [0.29, 0.717) is 0 Å². The van der Waals surface area contributed by atoms with Crippen LogP contribution in [0.1, 0.15) is 18.2 Å². The molecule has 0 spiro atoms. The highest BCUT2D eigenvalue weighted by Crippen LogP contribution is 2.29. The molecule has 1 aromatic rings. The van der Waals surface area contributed by atoms with Gasteiger partial charge >= 0.3 is 11.9 Å². The van der Waals surface area contributed by atoms with Crippen LogP contribution in [0, 0.1) is 0 Å². The first-order valence-corrected chi connectivity index (χ1v) is 3.60. The van der Waals surface area contributed by atoms with Crippen LogP contribution in [-0.2, 0) is 12.6 Å². The third-order valence-electron chi connectivity index (χ3n) is 1.56. The van der Waals surface area contributed by atoms with Crippen molar-refractivity contribution in [1.82, 2.24) is 9.97 Å². The van der Waals surface area contributed by atoms with E-state index < -0.39 is 17.6 Å². The van der Waals surface area contributed by atoms with Crippen molar-refractivity contribution in [3.05, 3.63) is 27.9 Å². The maximum absolute atomic E-state index is 12.2. The topological polar surface area (TPSA) is 45.8 Å². The van der Waals surface area contributed by atoms with Crippen molar-refractivity contribution in [3.8, 4) is 0 Å². The summed E-state index contributed by atoms with van der Waals surface area (Å²) in [6, 6.07) is 0. The lowest BCUT2D eigenvalue weighted by atomic mass is 10.2. The molecule has 0 aliphatic heterocycles. The summed E-state index contributed by atoms with van der Waals surface area (Å²) >= 11 is 0. The predicted octanol–water partition coefficient (Wildman–Crippen LogP) is 1.35. The number of aromatic nitrogens is 2. The number of aromatic amines is 1. The summed E-state index contributed by atoms with van der Waals surface area (Å²) in [6.45, 7) is 1.56. The van der Waals surface area contributed by atoms with Crippen LogP contribution in [0.3, 0.4) is 0 Å². The van der Waals surface area contributed by atoms with E-state index in [0.717, 1.165) is 6.20 Å².